The molecular formula is C18H16BrN5O. The number of benzene rings is 2. The van der Waals surface area contributed by atoms with Gasteiger partial charge in [-0.15, -0.1) is 5.10 Å². The molecular weight excluding hydrogens is 382 g/mol. The monoisotopic (exact) mass is 397 g/mol. The van der Waals surface area contributed by atoms with Gasteiger partial charge in [-0.05, 0) is 24.3 Å². The Hall–Kier alpha value is -2.51. The van der Waals surface area contributed by atoms with Gasteiger partial charge in [-0.3, -0.25) is 0 Å². The molecule has 6 nitrogen and oxygen atoms in total. The van der Waals surface area contributed by atoms with Crippen LogP contribution in [-0.2, 0) is 4.74 Å². The van der Waals surface area contributed by atoms with Crippen molar-refractivity contribution in [3.8, 4) is 11.3 Å². The summed E-state index contributed by atoms with van der Waals surface area (Å²) in [7, 11) is 1.68. The molecule has 0 bridgehead atoms. The molecule has 0 spiro atoms. The van der Waals surface area contributed by atoms with Crippen LogP contribution in [-0.4, -0.2) is 40.1 Å². The lowest BCUT2D eigenvalue weighted by atomic mass is 10.1. The van der Waals surface area contributed by atoms with Crippen molar-refractivity contribution in [2.75, 3.05) is 25.6 Å². The van der Waals surface area contributed by atoms with Crippen LogP contribution in [0.25, 0.3) is 27.8 Å². The molecule has 0 amide bonds. The summed E-state index contributed by atoms with van der Waals surface area (Å²) >= 11 is 3.51. The van der Waals surface area contributed by atoms with E-state index < -0.39 is 0 Å². The minimum absolute atomic E-state index is 0.608. The van der Waals surface area contributed by atoms with Gasteiger partial charge in [0.2, 0.25) is 0 Å². The third-order valence-corrected chi connectivity index (χ3v) is 4.44. The van der Waals surface area contributed by atoms with Crippen molar-refractivity contribution >= 4 is 38.3 Å². The number of aromatic nitrogens is 4. The number of rotatable bonds is 5. The van der Waals surface area contributed by atoms with Gasteiger partial charge in [-0.1, -0.05) is 45.4 Å². The number of halogens is 1. The predicted molar refractivity (Wildman–Crippen MR) is 102 cm³/mol. The van der Waals surface area contributed by atoms with E-state index >= 15 is 0 Å². The van der Waals surface area contributed by atoms with Gasteiger partial charge in [0, 0.05) is 29.1 Å². The fraction of sp³-hybridized carbons (Fsp3) is 0.167. The number of methoxy groups -OCH3 is 1. The lowest BCUT2D eigenvalue weighted by Crippen LogP contribution is -2.10. The molecule has 126 valence electrons. The van der Waals surface area contributed by atoms with Crippen LogP contribution in [0.4, 0.5) is 5.82 Å². The van der Waals surface area contributed by atoms with Gasteiger partial charge in [0.1, 0.15) is 11.5 Å². The molecule has 0 radical (unpaired) electrons. The molecule has 25 heavy (non-hydrogen) atoms. The average Bonchev–Trinajstić information content (AvgIpc) is 3.06. The molecule has 1 N–H and O–H groups in total. The van der Waals surface area contributed by atoms with Gasteiger partial charge in [0.15, 0.2) is 5.65 Å². The Labute approximate surface area is 153 Å². The minimum Gasteiger partial charge on any atom is -0.383 e. The third-order valence-electron chi connectivity index (χ3n) is 3.95. The Kier molecular flexibility index (Phi) is 4.33. The number of hydrogen-bond donors (Lipinski definition) is 1. The number of nitrogens with zero attached hydrogens (tertiary/aromatic N) is 4. The van der Waals surface area contributed by atoms with E-state index in [2.05, 4.69) is 31.6 Å². The average molecular weight is 398 g/mol. The topological polar surface area (TPSA) is 64.3 Å². The first kappa shape index (κ1) is 16.0. The summed E-state index contributed by atoms with van der Waals surface area (Å²) < 4.78 is 7.90. The highest BCUT2D eigenvalue weighted by Crippen LogP contribution is 2.28. The molecule has 0 saturated carbocycles. The number of nitrogens with one attached hydrogen (secondary N) is 1. The smallest absolute Gasteiger partial charge is 0.186 e. The number of fused-ring (bicyclic) bond motifs is 3. The lowest BCUT2D eigenvalue weighted by Gasteiger charge is -2.10. The zero-order valence-electron chi connectivity index (χ0n) is 13.6. The van der Waals surface area contributed by atoms with Crippen molar-refractivity contribution in [2.45, 2.75) is 0 Å². The fourth-order valence-electron chi connectivity index (χ4n) is 2.79. The normalized spacial score (nSPS) is 11.3. The van der Waals surface area contributed by atoms with Crippen LogP contribution in [0.3, 0.4) is 0 Å². The molecule has 0 saturated heterocycles. The van der Waals surface area contributed by atoms with Gasteiger partial charge in [0.25, 0.3) is 0 Å². The van der Waals surface area contributed by atoms with E-state index in [1.54, 1.807) is 11.6 Å². The van der Waals surface area contributed by atoms with Crippen molar-refractivity contribution < 1.29 is 4.74 Å². The highest BCUT2D eigenvalue weighted by molar-refractivity contribution is 9.10. The maximum Gasteiger partial charge on any atom is 0.186 e. The quantitative estimate of drug-likeness (QED) is 0.519. The van der Waals surface area contributed by atoms with E-state index in [1.807, 2.05) is 48.5 Å². The highest BCUT2D eigenvalue weighted by Gasteiger charge is 2.15. The molecule has 2 aromatic heterocycles. The Morgan fingerprint density at radius 2 is 2.04 bits per heavy atom. The van der Waals surface area contributed by atoms with Crippen LogP contribution in [0.2, 0.25) is 0 Å². The molecule has 2 heterocycles. The van der Waals surface area contributed by atoms with Crippen molar-refractivity contribution in [3.05, 3.63) is 53.0 Å². The van der Waals surface area contributed by atoms with Crippen molar-refractivity contribution in [1.82, 2.24) is 19.8 Å². The number of anilines is 1. The second kappa shape index (κ2) is 6.78. The number of ether oxygens (including phenoxy) is 1. The summed E-state index contributed by atoms with van der Waals surface area (Å²) in [5.74, 6) is 0.804. The molecule has 0 aliphatic rings. The van der Waals surface area contributed by atoms with E-state index in [4.69, 9.17) is 9.72 Å². The summed E-state index contributed by atoms with van der Waals surface area (Å²) in [5.41, 5.74) is 3.40. The van der Waals surface area contributed by atoms with Crippen LogP contribution in [0, 0.1) is 0 Å². The molecule has 4 rings (SSSR count). The first-order valence-corrected chi connectivity index (χ1v) is 8.70. The molecule has 7 heteroatoms. The summed E-state index contributed by atoms with van der Waals surface area (Å²) in [6.45, 7) is 1.29. The lowest BCUT2D eigenvalue weighted by molar-refractivity contribution is 0.210. The Morgan fingerprint density at radius 1 is 1.16 bits per heavy atom. The van der Waals surface area contributed by atoms with E-state index in [9.17, 15) is 0 Å². The van der Waals surface area contributed by atoms with E-state index in [-0.39, 0.29) is 0 Å². The summed E-state index contributed by atoms with van der Waals surface area (Å²) in [4.78, 5) is 4.80. The molecule has 0 unspecified atom stereocenters. The fourth-order valence-corrected chi connectivity index (χ4v) is 3.19. The van der Waals surface area contributed by atoms with Crippen LogP contribution in [0.1, 0.15) is 0 Å². The van der Waals surface area contributed by atoms with Crippen molar-refractivity contribution in [1.29, 1.82) is 0 Å². The first-order valence-electron chi connectivity index (χ1n) is 7.91. The maximum atomic E-state index is 5.13. The zero-order valence-corrected chi connectivity index (χ0v) is 15.2. The zero-order chi connectivity index (χ0) is 17.2. The first-order chi connectivity index (χ1) is 12.3. The van der Waals surface area contributed by atoms with Crippen molar-refractivity contribution in [2.24, 2.45) is 0 Å². The van der Waals surface area contributed by atoms with Crippen molar-refractivity contribution in [3.63, 3.8) is 0 Å². The predicted octanol–water partition coefficient (Wildman–Crippen LogP) is 3.77. The Bertz CT molecular complexity index is 1050. The molecule has 0 aliphatic carbocycles. The second-order valence-corrected chi connectivity index (χ2v) is 6.50. The summed E-state index contributed by atoms with van der Waals surface area (Å²) in [6, 6.07) is 16.0. The number of para-hydroxylation sites is 1. The van der Waals surface area contributed by atoms with Gasteiger partial charge in [0.05, 0.1) is 12.1 Å². The van der Waals surface area contributed by atoms with Crippen LogP contribution in [0.15, 0.2) is 53.0 Å². The van der Waals surface area contributed by atoms with E-state index in [0.29, 0.717) is 13.2 Å². The maximum absolute atomic E-state index is 5.13. The minimum atomic E-state index is 0.608. The van der Waals surface area contributed by atoms with Gasteiger partial charge in [-0.25, -0.2) is 4.98 Å². The second-order valence-electron chi connectivity index (χ2n) is 5.58. The summed E-state index contributed by atoms with van der Waals surface area (Å²) in [6.07, 6.45) is 0. The number of hydrogen-bond acceptors (Lipinski definition) is 5. The summed E-state index contributed by atoms with van der Waals surface area (Å²) in [5, 5.41) is 13.0. The van der Waals surface area contributed by atoms with E-state index in [1.165, 1.54) is 0 Å². The van der Waals surface area contributed by atoms with Crippen LogP contribution in [0.5, 0.6) is 0 Å². The molecule has 0 aliphatic heterocycles. The largest absolute Gasteiger partial charge is 0.383 e. The van der Waals surface area contributed by atoms with E-state index in [0.717, 1.165) is 38.1 Å². The van der Waals surface area contributed by atoms with Gasteiger partial charge < -0.3 is 10.1 Å². The van der Waals surface area contributed by atoms with Gasteiger partial charge in [-0.2, -0.15) is 4.52 Å². The standard InChI is InChI=1S/C18H16BrN5O/c1-25-10-9-20-17-14-7-2-3-8-15(14)24-18(21-17)16(22-23-24)12-5-4-6-13(19)11-12/h2-8,11H,9-10H2,1H3,(H,20,21). The molecule has 0 fully saturated rings. The Morgan fingerprint density at radius 3 is 2.88 bits per heavy atom. The third kappa shape index (κ3) is 2.96. The molecule has 2 aromatic carbocycles. The molecule has 0 atom stereocenters. The Balaban J connectivity index is 1.93. The highest BCUT2D eigenvalue weighted by atomic mass is 79.9. The van der Waals surface area contributed by atoms with Gasteiger partial charge >= 0.3 is 0 Å². The van der Waals surface area contributed by atoms with Crippen LogP contribution >= 0.6 is 15.9 Å². The van der Waals surface area contributed by atoms with Crippen LogP contribution < -0.4 is 5.32 Å². The molecule has 4 aromatic rings. The SMILES string of the molecule is COCCNc1nc2c(-c3cccc(Br)c3)nnn2c2ccccc12.